The number of benzene rings is 3. The Balaban J connectivity index is 2.03. The molecular formula is C20H16O4. The van der Waals surface area contributed by atoms with Crippen LogP contribution >= 0.6 is 0 Å². The van der Waals surface area contributed by atoms with E-state index in [9.17, 15) is 20.4 Å². The normalized spacial score (nSPS) is 11.0. The molecule has 0 aliphatic rings. The molecule has 0 unspecified atom stereocenters. The van der Waals surface area contributed by atoms with Gasteiger partial charge in [0.25, 0.3) is 0 Å². The summed E-state index contributed by atoms with van der Waals surface area (Å²) in [7, 11) is 0. The molecule has 0 aliphatic heterocycles. The Morgan fingerprint density at radius 1 is 0.583 bits per heavy atom. The van der Waals surface area contributed by atoms with Crippen LogP contribution in [0.1, 0.15) is 11.1 Å². The molecule has 0 spiro atoms. The minimum absolute atomic E-state index is 0.0199. The van der Waals surface area contributed by atoms with E-state index in [1.807, 2.05) is 12.1 Å². The monoisotopic (exact) mass is 320 g/mol. The molecule has 120 valence electrons. The molecule has 0 atom stereocenters. The Morgan fingerprint density at radius 3 is 2.00 bits per heavy atom. The number of phenolic OH excluding ortho intramolecular Hbond substituents is 4. The van der Waals surface area contributed by atoms with E-state index in [-0.39, 0.29) is 23.0 Å². The average molecular weight is 320 g/mol. The first-order valence-corrected chi connectivity index (χ1v) is 7.35. The lowest BCUT2D eigenvalue weighted by Crippen LogP contribution is -1.84. The van der Waals surface area contributed by atoms with E-state index in [1.54, 1.807) is 42.5 Å². The Labute approximate surface area is 139 Å². The molecule has 0 bridgehead atoms. The molecule has 4 N–H and O–H groups in total. The molecule has 24 heavy (non-hydrogen) atoms. The highest BCUT2D eigenvalue weighted by Crippen LogP contribution is 2.31. The second-order valence-electron chi connectivity index (χ2n) is 5.44. The predicted molar refractivity (Wildman–Crippen MR) is 93.9 cm³/mol. The lowest BCUT2D eigenvalue weighted by molar-refractivity contribution is 0.450. The third-order valence-electron chi connectivity index (χ3n) is 3.57. The molecule has 0 saturated carbocycles. The molecule has 0 radical (unpaired) electrons. The zero-order chi connectivity index (χ0) is 17.1. The SMILES string of the molecule is Oc1cc(O)cc(/C=C/c2ccc(O)cc2-c2cccc(O)c2)c1. The van der Waals surface area contributed by atoms with Crippen molar-refractivity contribution in [2.24, 2.45) is 0 Å². The van der Waals surface area contributed by atoms with Crippen LogP contribution in [0.15, 0.2) is 60.7 Å². The van der Waals surface area contributed by atoms with Crippen molar-refractivity contribution in [3.63, 3.8) is 0 Å². The van der Waals surface area contributed by atoms with Gasteiger partial charge in [0.15, 0.2) is 0 Å². The smallest absolute Gasteiger partial charge is 0.119 e. The molecule has 4 nitrogen and oxygen atoms in total. The van der Waals surface area contributed by atoms with Gasteiger partial charge in [-0.25, -0.2) is 0 Å². The maximum atomic E-state index is 9.77. The Morgan fingerprint density at radius 2 is 1.29 bits per heavy atom. The summed E-state index contributed by atoms with van der Waals surface area (Å²) in [5.41, 5.74) is 2.99. The minimum atomic E-state index is -0.0199. The topological polar surface area (TPSA) is 80.9 Å². The molecule has 0 heterocycles. The van der Waals surface area contributed by atoms with Gasteiger partial charge in [0, 0.05) is 6.07 Å². The lowest BCUT2D eigenvalue weighted by Gasteiger charge is -2.08. The Bertz CT molecular complexity index is 893. The summed E-state index contributed by atoms with van der Waals surface area (Å²) in [4.78, 5) is 0. The van der Waals surface area contributed by atoms with Crippen LogP contribution < -0.4 is 0 Å². The number of hydrogen-bond donors (Lipinski definition) is 4. The van der Waals surface area contributed by atoms with Crippen LogP contribution in [-0.4, -0.2) is 20.4 Å². The first-order valence-electron chi connectivity index (χ1n) is 7.35. The van der Waals surface area contributed by atoms with Crippen LogP contribution in [0.3, 0.4) is 0 Å². The van der Waals surface area contributed by atoms with Crippen LogP contribution in [0, 0.1) is 0 Å². The van der Waals surface area contributed by atoms with Gasteiger partial charge in [-0.1, -0.05) is 30.4 Å². The van der Waals surface area contributed by atoms with E-state index >= 15 is 0 Å². The third-order valence-corrected chi connectivity index (χ3v) is 3.57. The lowest BCUT2D eigenvalue weighted by atomic mass is 9.98. The summed E-state index contributed by atoms with van der Waals surface area (Å²) in [6.45, 7) is 0. The molecule has 3 aromatic rings. The fourth-order valence-electron chi connectivity index (χ4n) is 2.51. The quantitative estimate of drug-likeness (QED) is 0.541. The first-order chi connectivity index (χ1) is 11.5. The second-order valence-corrected chi connectivity index (χ2v) is 5.44. The zero-order valence-electron chi connectivity index (χ0n) is 12.7. The summed E-state index contributed by atoms with van der Waals surface area (Å²) in [6.07, 6.45) is 3.56. The van der Waals surface area contributed by atoms with Crippen LogP contribution in [0.4, 0.5) is 0 Å². The van der Waals surface area contributed by atoms with Crippen LogP contribution in [0.25, 0.3) is 23.3 Å². The molecule has 0 fully saturated rings. The van der Waals surface area contributed by atoms with Crippen LogP contribution in [0.2, 0.25) is 0 Å². The maximum absolute atomic E-state index is 9.77. The summed E-state index contributed by atoms with van der Waals surface area (Å²) in [6, 6.07) is 16.0. The van der Waals surface area contributed by atoms with Gasteiger partial charge in [-0.3, -0.25) is 0 Å². The number of aromatic hydroxyl groups is 4. The summed E-state index contributed by atoms with van der Waals surface area (Å²) >= 11 is 0. The van der Waals surface area contributed by atoms with Gasteiger partial charge in [0.1, 0.15) is 23.0 Å². The van der Waals surface area contributed by atoms with Crippen molar-refractivity contribution in [2.45, 2.75) is 0 Å². The van der Waals surface area contributed by atoms with Crippen LogP contribution in [0.5, 0.6) is 23.0 Å². The van der Waals surface area contributed by atoms with Crippen molar-refractivity contribution in [3.8, 4) is 34.1 Å². The van der Waals surface area contributed by atoms with Crippen molar-refractivity contribution in [1.29, 1.82) is 0 Å². The van der Waals surface area contributed by atoms with Gasteiger partial charge in [0.2, 0.25) is 0 Å². The molecule has 3 rings (SSSR count). The van der Waals surface area contributed by atoms with Crippen LogP contribution in [-0.2, 0) is 0 Å². The summed E-state index contributed by atoms with van der Waals surface area (Å²) in [5, 5.41) is 38.5. The fourth-order valence-corrected chi connectivity index (χ4v) is 2.51. The molecular weight excluding hydrogens is 304 g/mol. The van der Waals surface area contributed by atoms with Crippen molar-refractivity contribution < 1.29 is 20.4 Å². The van der Waals surface area contributed by atoms with E-state index < -0.39 is 0 Å². The van der Waals surface area contributed by atoms with E-state index in [0.29, 0.717) is 5.56 Å². The summed E-state index contributed by atoms with van der Waals surface area (Å²) in [5.74, 6) is 0.228. The van der Waals surface area contributed by atoms with Gasteiger partial charge in [0.05, 0.1) is 0 Å². The highest BCUT2D eigenvalue weighted by molar-refractivity contribution is 5.82. The van der Waals surface area contributed by atoms with Gasteiger partial charge >= 0.3 is 0 Å². The van der Waals surface area contributed by atoms with Gasteiger partial charge in [-0.05, 0) is 58.7 Å². The third kappa shape index (κ3) is 3.50. The molecule has 0 amide bonds. The Hall–Kier alpha value is -3.40. The molecule has 3 aromatic carbocycles. The predicted octanol–water partition coefficient (Wildman–Crippen LogP) is 4.35. The van der Waals surface area contributed by atoms with Gasteiger partial charge in [-0.15, -0.1) is 0 Å². The van der Waals surface area contributed by atoms with E-state index in [2.05, 4.69) is 0 Å². The molecule has 4 heteroatoms. The van der Waals surface area contributed by atoms with Gasteiger partial charge in [-0.2, -0.15) is 0 Å². The largest absolute Gasteiger partial charge is 0.508 e. The average Bonchev–Trinajstić information content (AvgIpc) is 2.53. The Kier molecular flexibility index (Phi) is 4.12. The minimum Gasteiger partial charge on any atom is -0.508 e. The fraction of sp³-hybridized carbons (Fsp3) is 0. The number of phenols is 4. The van der Waals surface area contributed by atoms with Crippen molar-refractivity contribution >= 4 is 12.2 Å². The number of rotatable bonds is 3. The van der Waals surface area contributed by atoms with Crippen molar-refractivity contribution in [3.05, 3.63) is 71.8 Å². The highest BCUT2D eigenvalue weighted by Gasteiger charge is 2.06. The number of hydrogen-bond acceptors (Lipinski definition) is 4. The zero-order valence-corrected chi connectivity index (χ0v) is 12.7. The van der Waals surface area contributed by atoms with E-state index in [1.165, 1.54) is 18.2 Å². The maximum Gasteiger partial charge on any atom is 0.119 e. The molecule has 0 aromatic heterocycles. The van der Waals surface area contributed by atoms with Gasteiger partial charge < -0.3 is 20.4 Å². The van der Waals surface area contributed by atoms with E-state index in [0.717, 1.165) is 16.7 Å². The standard InChI is InChI=1S/C20H16O4/c21-16-3-1-2-15(10-16)20-12-17(22)7-6-14(20)5-4-13-8-18(23)11-19(24)9-13/h1-12,21-24H/b5-4+. The summed E-state index contributed by atoms with van der Waals surface area (Å²) < 4.78 is 0. The molecule has 0 aliphatic carbocycles. The van der Waals surface area contributed by atoms with Crippen molar-refractivity contribution in [2.75, 3.05) is 0 Å². The van der Waals surface area contributed by atoms with E-state index in [4.69, 9.17) is 0 Å². The second kappa shape index (κ2) is 6.38. The highest BCUT2D eigenvalue weighted by atomic mass is 16.3. The molecule has 0 saturated heterocycles. The van der Waals surface area contributed by atoms with Crippen molar-refractivity contribution in [1.82, 2.24) is 0 Å². The first kappa shape index (κ1) is 15.5.